The molecule has 0 radical (unpaired) electrons. The number of hydrogen-bond acceptors (Lipinski definition) is 7. The van der Waals surface area contributed by atoms with Gasteiger partial charge in [0, 0.05) is 22.3 Å². The van der Waals surface area contributed by atoms with E-state index in [0.29, 0.717) is 34.2 Å². The van der Waals surface area contributed by atoms with Crippen molar-refractivity contribution in [2.24, 2.45) is 0 Å². The lowest BCUT2D eigenvalue weighted by atomic mass is 9.77. The Balaban J connectivity index is 1.55. The molecule has 0 saturated carbocycles. The number of ether oxygens (including phenoxy) is 3. The van der Waals surface area contributed by atoms with Crippen molar-refractivity contribution >= 4 is 45.0 Å². The summed E-state index contributed by atoms with van der Waals surface area (Å²) in [6.45, 7) is 3.85. The van der Waals surface area contributed by atoms with E-state index in [-0.39, 0.29) is 22.1 Å². The Morgan fingerprint density at radius 3 is 2.31 bits per heavy atom. The Labute approximate surface area is 248 Å². The second-order valence-electron chi connectivity index (χ2n) is 9.48. The van der Waals surface area contributed by atoms with E-state index in [2.05, 4.69) is 5.32 Å². The van der Waals surface area contributed by atoms with Crippen LogP contribution in [0, 0.1) is 0 Å². The van der Waals surface area contributed by atoms with Crippen molar-refractivity contribution in [3.05, 3.63) is 107 Å². The smallest absolute Gasteiger partial charge is 0.417 e. The molecule has 4 aromatic carbocycles. The molecule has 0 aromatic heterocycles. The molecule has 0 aliphatic carbocycles. The molecule has 9 nitrogen and oxygen atoms in total. The number of anilines is 2. The van der Waals surface area contributed by atoms with Gasteiger partial charge < -0.3 is 14.2 Å². The zero-order chi connectivity index (χ0) is 30.1. The molecule has 1 aliphatic heterocycles. The van der Waals surface area contributed by atoms with Gasteiger partial charge in [-0.2, -0.15) is 0 Å². The van der Waals surface area contributed by atoms with Gasteiger partial charge in [0.15, 0.2) is 0 Å². The number of methoxy groups -OCH3 is 1. The van der Waals surface area contributed by atoms with Crippen LogP contribution in [0.2, 0.25) is 5.02 Å². The minimum atomic E-state index is -4.54. The molecule has 11 heteroatoms. The van der Waals surface area contributed by atoms with Crippen LogP contribution in [-0.2, 0) is 20.2 Å². The summed E-state index contributed by atoms with van der Waals surface area (Å²) >= 11 is 6.55. The maximum atomic E-state index is 14.2. The number of para-hydroxylation sites is 1. The average molecular weight is 607 g/mol. The van der Waals surface area contributed by atoms with E-state index >= 15 is 0 Å². The van der Waals surface area contributed by atoms with Gasteiger partial charge in [-0.25, -0.2) is 17.5 Å². The zero-order valence-corrected chi connectivity index (χ0v) is 24.5. The quantitative estimate of drug-likeness (QED) is 0.247. The third-order valence-electron chi connectivity index (χ3n) is 6.95. The van der Waals surface area contributed by atoms with Gasteiger partial charge in [-0.1, -0.05) is 48.0 Å². The van der Waals surface area contributed by atoms with Gasteiger partial charge >= 0.3 is 6.09 Å². The second kappa shape index (κ2) is 11.4. The molecule has 2 amide bonds. The highest BCUT2D eigenvalue weighted by Crippen LogP contribution is 2.51. The maximum absolute atomic E-state index is 14.2. The summed E-state index contributed by atoms with van der Waals surface area (Å²) in [6, 6.07) is 24.1. The molecule has 1 aliphatic rings. The molecule has 1 atom stereocenters. The highest BCUT2D eigenvalue weighted by Gasteiger charge is 2.54. The lowest BCUT2D eigenvalue weighted by molar-refractivity contribution is -0.120. The SMILES string of the molecule is CCOc1ccc2c(c1)C(C)(c1ccccc1Cl)C(=O)N2S(=O)(=O)c1ccc(OC(=O)Nc2ccccc2)cc1OC. The van der Waals surface area contributed by atoms with E-state index in [1.807, 2.05) is 6.92 Å². The van der Waals surface area contributed by atoms with Crippen LogP contribution in [0.3, 0.4) is 0 Å². The van der Waals surface area contributed by atoms with Crippen LogP contribution >= 0.6 is 11.6 Å². The predicted molar refractivity (Wildman–Crippen MR) is 159 cm³/mol. The lowest BCUT2D eigenvalue weighted by Gasteiger charge is -2.26. The first kappa shape index (κ1) is 29.0. The van der Waals surface area contributed by atoms with Crippen LogP contribution in [0.4, 0.5) is 16.2 Å². The van der Waals surface area contributed by atoms with Gasteiger partial charge in [0.05, 0.1) is 19.4 Å². The van der Waals surface area contributed by atoms with Gasteiger partial charge in [-0.15, -0.1) is 0 Å². The Bertz CT molecular complexity index is 1780. The zero-order valence-electron chi connectivity index (χ0n) is 23.0. The van der Waals surface area contributed by atoms with Crippen molar-refractivity contribution in [1.29, 1.82) is 0 Å². The molecule has 0 spiro atoms. The summed E-state index contributed by atoms with van der Waals surface area (Å²) in [5.74, 6) is -0.320. The molecule has 0 saturated heterocycles. The second-order valence-corrected chi connectivity index (χ2v) is 11.6. The highest BCUT2D eigenvalue weighted by atomic mass is 35.5. The molecule has 42 heavy (non-hydrogen) atoms. The fourth-order valence-corrected chi connectivity index (χ4v) is 6.91. The largest absolute Gasteiger partial charge is 0.495 e. The first-order valence-electron chi connectivity index (χ1n) is 12.9. The number of hydrogen-bond donors (Lipinski definition) is 1. The Morgan fingerprint density at radius 1 is 0.929 bits per heavy atom. The first-order chi connectivity index (χ1) is 20.1. The van der Waals surface area contributed by atoms with Crippen LogP contribution in [0.25, 0.3) is 0 Å². The number of benzene rings is 4. The number of amides is 2. The summed E-state index contributed by atoms with van der Waals surface area (Å²) in [6.07, 6.45) is -0.775. The third-order valence-corrected chi connectivity index (χ3v) is 9.01. The van der Waals surface area contributed by atoms with Gasteiger partial charge in [-0.3, -0.25) is 10.1 Å². The van der Waals surface area contributed by atoms with E-state index in [0.717, 1.165) is 4.31 Å². The third kappa shape index (κ3) is 5.03. The minimum Gasteiger partial charge on any atom is -0.495 e. The van der Waals surface area contributed by atoms with Crippen LogP contribution in [0.5, 0.6) is 17.2 Å². The van der Waals surface area contributed by atoms with Crippen molar-refractivity contribution in [1.82, 2.24) is 0 Å². The van der Waals surface area contributed by atoms with Crippen LogP contribution in [0.15, 0.2) is 95.9 Å². The molecule has 5 rings (SSSR count). The van der Waals surface area contributed by atoms with Gasteiger partial charge in [-0.05, 0) is 67.9 Å². The van der Waals surface area contributed by atoms with Gasteiger partial charge in [0.2, 0.25) is 0 Å². The molecule has 216 valence electrons. The molecular weight excluding hydrogens is 580 g/mol. The highest BCUT2D eigenvalue weighted by molar-refractivity contribution is 7.93. The van der Waals surface area contributed by atoms with E-state index in [9.17, 15) is 18.0 Å². The first-order valence-corrected chi connectivity index (χ1v) is 14.8. The van der Waals surface area contributed by atoms with Crippen molar-refractivity contribution in [2.75, 3.05) is 23.3 Å². The van der Waals surface area contributed by atoms with Gasteiger partial charge in [0.1, 0.15) is 27.6 Å². The summed E-state index contributed by atoms with van der Waals surface area (Å²) in [5.41, 5.74) is 0.111. The van der Waals surface area contributed by atoms with E-state index in [4.69, 9.17) is 25.8 Å². The Kier molecular flexibility index (Phi) is 7.85. The summed E-state index contributed by atoms with van der Waals surface area (Å²) in [4.78, 5) is 26.3. The average Bonchev–Trinajstić information content (AvgIpc) is 3.20. The van der Waals surface area contributed by atoms with Crippen molar-refractivity contribution in [3.63, 3.8) is 0 Å². The summed E-state index contributed by atoms with van der Waals surface area (Å²) in [7, 11) is -3.25. The van der Waals surface area contributed by atoms with Crippen LogP contribution in [-0.4, -0.2) is 34.1 Å². The van der Waals surface area contributed by atoms with Crippen molar-refractivity contribution in [2.45, 2.75) is 24.2 Å². The Morgan fingerprint density at radius 2 is 1.62 bits per heavy atom. The summed E-state index contributed by atoms with van der Waals surface area (Å²) in [5, 5.41) is 2.90. The summed E-state index contributed by atoms with van der Waals surface area (Å²) < 4.78 is 45.6. The van der Waals surface area contributed by atoms with Crippen LogP contribution in [0.1, 0.15) is 25.0 Å². The number of sulfonamides is 1. The normalized spacial score (nSPS) is 16.1. The number of rotatable bonds is 8. The molecule has 0 bridgehead atoms. The monoisotopic (exact) mass is 606 g/mol. The number of halogens is 1. The van der Waals surface area contributed by atoms with Crippen LogP contribution < -0.4 is 23.8 Å². The molecular formula is C31H27ClN2O7S. The number of carbonyl (C=O) groups is 2. The maximum Gasteiger partial charge on any atom is 0.417 e. The fraction of sp³-hybridized carbons (Fsp3) is 0.161. The standard InChI is InChI=1S/C31H27ClN2O7S/c1-4-40-21-14-16-26-24(18-21)31(2,23-12-8-9-13-25(23)32)29(35)34(26)42(37,38)28-17-15-22(19-27(28)39-3)41-30(36)33-20-10-6-5-7-11-20/h5-19H,4H2,1-3H3,(H,33,36). The molecule has 4 aromatic rings. The number of carbonyl (C=O) groups excluding carboxylic acids is 2. The number of fused-ring (bicyclic) bond motifs is 1. The lowest BCUT2D eigenvalue weighted by Crippen LogP contribution is -2.42. The minimum absolute atomic E-state index is 0.0367. The van der Waals surface area contributed by atoms with E-state index in [1.54, 1.807) is 73.7 Å². The van der Waals surface area contributed by atoms with E-state index < -0.39 is 27.4 Å². The van der Waals surface area contributed by atoms with Crippen molar-refractivity contribution < 1.29 is 32.2 Å². The molecule has 1 N–H and O–H groups in total. The van der Waals surface area contributed by atoms with Crippen molar-refractivity contribution in [3.8, 4) is 17.2 Å². The topological polar surface area (TPSA) is 111 Å². The predicted octanol–water partition coefficient (Wildman–Crippen LogP) is 6.40. The molecule has 0 fully saturated rings. The molecule has 1 unspecified atom stereocenters. The van der Waals surface area contributed by atoms with E-state index in [1.165, 1.54) is 31.4 Å². The number of nitrogens with zero attached hydrogens (tertiary/aromatic N) is 1. The molecule has 1 heterocycles. The number of nitrogens with one attached hydrogen (secondary N) is 1. The van der Waals surface area contributed by atoms with Gasteiger partial charge in [0.25, 0.3) is 15.9 Å². The fourth-order valence-electron chi connectivity index (χ4n) is 4.94. The Hall–Kier alpha value is -4.54.